The van der Waals surface area contributed by atoms with Gasteiger partial charge in [-0.25, -0.2) is 12.8 Å². The van der Waals surface area contributed by atoms with E-state index in [-0.39, 0.29) is 34.6 Å². The molecule has 1 amide bonds. The first-order chi connectivity index (χ1) is 10.8. The number of amides is 1. The molecule has 3 rings (SSSR count). The second-order valence-electron chi connectivity index (χ2n) is 6.04. The van der Waals surface area contributed by atoms with Crippen molar-refractivity contribution < 1.29 is 17.6 Å². The van der Waals surface area contributed by atoms with Crippen LogP contribution >= 0.6 is 11.8 Å². The first-order valence-corrected chi connectivity index (χ1v) is 10.0. The van der Waals surface area contributed by atoms with Crippen molar-refractivity contribution in [3.05, 3.63) is 30.1 Å². The highest BCUT2D eigenvalue weighted by Gasteiger charge is 2.49. The molecule has 2 fully saturated rings. The number of benzene rings is 1. The van der Waals surface area contributed by atoms with Crippen molar-refractivity contribution in [3.8, 4) is 0 Å². The summed E-state index contributed by atoms with van der Waals surface area (Å²) in [5.74, 6) is -0.872. The predicted molar refractivity (Wildman–Crippen MR) is 90.0 cm³/mol. The Morgan fingerprint density at radius 2 is 2.13 bits per heavy atom. The molecule has 0 saturated carbocycles. The minimum absolute atomic E-state index is 0.00390. The van der Waals surface area contributed by atoms with E-state index in [1.165, 1.54) is 23.9 Å². The van der Waals surface area contributed by atoms with Gasteiger partial charge in [-0.05, 0) is 18.2 Å². The van der Waals surface area contributed by atoms with Crippen LogP contribution in [-0.2, 0) is 14.6 Å². The van der Waals surface area contributed by atoms with Crippen LogP contribution in [0.4, 0.5) is 10.1 Å². The van der Waals surface area contributed by atoms with Gasteiger partial charge in [0.1, 0.15) is 5.82 Å². The molecule has 1 aromatic carbocycles. The van der Waals surface area contributed by atoms with Crippen molar-refractivity contribution in [2.45, 2.75) is 25.1 Å². The molecule has 2 atom stereocenters. The zero-order chi connectivity index (χ0) is 16.8. The van der Waals surface area contributed by atoms with Crippen LogP contribution in [0.15, 0.2) is 29.3 Å². The molecule has 0 aromatic heterocycles. The van der Waals surface area contributed by atoms with Crippen molar-refractivity contribution >= 4 is 38.4 Å². The second kappa shape index (κ2) is 5.90. The number of aliphatic imine (C=N–C) groups is 1. The van der Waals surface area contributed by atoms with Crippen molar-refractivity contribution in [1.82, 2.24) is 0 Å². The number of carbonyl (C=O) groups excluding carboxylic acids is 1. The normalized spacial score (nSPS) is 27.7. The Kier molecular flexibility index (Phi) is 4.22. The van der Waals surface area contributed by atoms with Crippen LogP contribution in [0, 0.1) is 11.7 Å². The van der Waals surface area contributed by atoms with Gasteiger partial charge in [0.05, 0.1) is 17.5 Å². The third-order valence-electron chi connectivity index (χ3n) is 3.85. The molecule has 2 heterocycles. The molecule has 124 valence electrons. The molecule has 2 aliphatic rings. The summed E-state index contributed by atoms with van der Waals surface area (Å²) in [4.78, 5) is 17.8. The zero-order valence-corrected chi connectivity index (χ0v) is 14.4. The molecular formula is C15H17FN2O3S2. The Bertz CT molecular complexity index is 777. The van der Waals surface area contributed by atoms with E-state index in [2.05, 4.69) is 4.99 Å². The SMILES string of the molecule is CC(C)C(=O)N=C1S[C@H]2CS(=O)(=O)C[C@H]2N1c1cccc(F)c1. The lowest BCUT2D eigenvalue weighted by Crippen LogP contribution is -2.37. The lowest BCUT2D eigenvalue weighted by atomic mass is 10.2. The average molecular weight is 356 g/mol. The molecule has 0 N–H and O–H groups in total. The predicted octanol–water partition coefficient (Wildman–Crippen LogP) is 2.08. The molecule has 5 nitrogen and oxygen atoms in total. The number of sulfone groups is 1. The molecule has 0 aliphatic carbocycles. The Labute approximate surface area is 138 Å². The maximum absolute atomic E-state index is 13.6. The van der Waals surface area contributed by atoms with Gasteiger partial charge in [-0.15, -0.1) is 0 Å². The third kappa shape index (κ3) is 3.28. The van der Waals surface area contributed by atoms with Crippen LogP contribution in [0.25, 0.3) is 0 Å². The monoisotopic (exact) mass is 356 g/mol. The van der Waals surface area contributed by atoms with E-state index in [0.717, 1.165) is 0 Å². The first-order valence-electron chi connectivity index (χ1n) is 7.31. The van der Waals surface area contributed by atoms with E-state index in [1.54, 1.807) is 30.9 Å². The Morgan fingerprint density at radius 3 is 2.78 bits per heavy atom. The smallest absolute Gasteiger partial charge is 0.250 e. The largest absolute Gasteiger partial charge is 0.315 e. The van der Waals surface area contributed by atoms with Crippen molar-refractivity contribution in [2.75, 3.05) is 16.4 Å². The zero-order valence-electron chi connectivity index (χ0n) is 12.8. The Hall–Kier alpha value is -1.41. The molecule has 23 heavy (non-hydrogen) atoms. The van der Waals surface area contributed by atoms with E-state index in [4.69, 9.17) is 0 Å². The molecule has 1 aromatic rings. The lowest BCUT2D eigenvalue weighted by Gasteiger charge is -2.24. The molecule has 8 heteroatoms. The number of fused-ring (bicyclic) bond motifs is 1. The molecular weight excluding hydrogens is 339 g/mol. The van der Waals surface area contributed by atoms with Crippen LogP contribution < -0.4 is 4.90 Å². The van der Waals surface area contributed by atoms with Crippen LogP contribution in [-0.4, -0.2) is 42.3 Å². The van der Waals surface area contributed by atoms with Gasteiger partial charge in [0.2, 0.25) is 0 Å². The number of hydrogen-bond donors (Lipinski definition) is 0. The fourth-order valence-electron chi connectivity index (χ4n) is 2.72. The van der Waals surface area contributed by atoms with Gasteiger partial charge in [0.25, 0.3) is 5.91 Å². The van der Waals surface area contributed by atoms with Crippen molar-refractivity contribution in [1.29, 1.82) is 0 Å². The maximum atomic E-state index is 13.6. The van der Waals surface area contributed by atoms with Crippen LogP contribution in [0.2, 0.25) is 0 Å². The average Bonchev–Trinajstić information content (AvgIpc) is 2.89. The maximum Gasteiger partial charge on any atom is 0.250 e. The highest BCUT2D eigenvalue weighted by molar-refractivity contribution is 8.16. The number of carbonyl (C=O) groups is 1. The van der Waals surface area contributed by atoms with Gasteiger partial charge in [0.15, 0.2) is 15.0 Å². The third-order valence-corrected chi connectivity index (χ3v) is 7.06. The molecule has 0 radical (unpaired) electrons. The molecule has 0 unspecified atom stereocenters. The lowest BCUT2D eigenvalue weighted by molar-refractivity contribution is -0.120. The van der Waals surface area contributed by atoms with Crippen LogP contribution in [0.3, 0.4) is 0 Å². The summed E-state index contributed by atoms with van der Waals surface area (Å²) >= 11 is 1.29. The standard InChI is InChI=1S/C15H17FN2O3S2/c1-9(2)14(19)17-15-18(11-5-3-4-10(16)6-11)12-7-23(20,21)8-13(12)22-15/h3-6,9,12-13H,7-8H2,1-2H3/t12-,13+/m1/s1. The van der Waals surface area contributed by atoms with Gasteiger partial charge < -0.3 is 4.90 Å². The summed E-state index contributed by atoms with van der Waals surface area (Å²) in [6.07, 6.45) is 0. The van der Waals surface area contributed by atoms with Gasteiger partial charge in [0, 0.05) is 16.9 Å². The summed E-state index contributed by atoms with van der Waals surface area (Å²) in [6.45, 7) is 3.51. The van der Waals surface area contributed by atoms with E-state index >= 15 is 0 Å². The number of thioether (sulfide) groups is 1. The molecule has 0 bridgehead atoms. The first kappa shape index (κ1) is 16.4. The van der Waals surface area contributed by atoms with Crippen molar-refractivity contribution in [3.63, 3.8) is 0 Å². The van der Waals surface area contributed by atoms with Crippen molar-refractivity contribution in [2.24, 2.45) is 10.9 Å². The fourth-order valence-corrected chi connectivity index (χ4v) is 6.64. The molecule has 0 spiro atoms. The number of nitrogens with zero attached hydrogens (tertiary/aromatic N) is 2. The summed E-state index contributed by atoms with van der Waals surface area (Å²) in [6, 6.07) is 5.61. The fraction of sp³-hybridized carbons (Fsp3) is 0.467. The van der Waals surface area contributed by atoms with E-state index in [1.807, 2.05) is 0 Å². The highest BCUT2D eigenvalue weighted by Crippen LogP contribution is 2.41. The van der Waals surface area contributed by atoms with Gasteiger partial charge >= 0.3 is 0 Å². The summed E-state index contributed by atoms with van der Waals surface area (Å²) in [5, 5.41) is 0.279. The minimum atomic E-state index is -3.12. The Balaban J connectivity index is 2.02. The summed E-state index contributed by atoms with van der Waals surface area (Å²) in [7, 11) is -3.12. The minimum Gasteiger partial charge on any atom is -0.315 e. The van der Waals surface area contributed by atoms with E-state index in [9.17, 15) is 17.6 Å². The molecule has 2 aliphatic heterocycles. The number of hydrogen-bond acceptors (Lipinski definition) is 4. The van der Waals surface area contributed by atoms with Crippen LogP contribution in [0.1, 0.15) is 13.8 Å². The second-order valence-corrected chi connectivity index (χ2v) is 9.40. The summed E-state index contributed by atoms with van der Waals surface area (Å²) < 4.78 is 37.4. The topological polar surface area (TPSA) is 66.8 Å². The van der Waals surface area contributed by atoms with Crippen LogP contribution in [0.5, 0.6) is 0 Å². The van der Waals surface area contributed by atoms with E-state index in [0.29, 0.717) is 10.9 Å². The van der Waals surface area contributed by atoms with Gasteiger partial charge in [-0.1, -0.05) is 31.7 Å². The van der Waals surface area contributed by atoms with Gasteiger partial charge in [-0.2, -0.15) is 4.99 Å². The van der Waals surface area contributed by atoms with Gasteiger partial charge in [-0.3, -0.25) is 4.79 Å². The van der Waals surface area contributed by atoms with E-state index < -0.39 is 15.7 Å². The number of anilines is 1. The summed E-state index contributed by atoms with van der Waals surface area (Å²) in [5.41, 5.74) is 0.525. The number of rotatable bonds is 2. The number of amidine groups is 1. The quantitative estimate of drug-likeness (QED) is 0.812. The highest BCUT2D eigenvalue weighted by atomic mass is 32.2. The molecule has 2 saturated heterocycles. The Morgan fingerprint density at radius 1 is 1.39 bits per heavy atom. The number of halogens is 1.